The Balaban J connectivity index is 2.03. The first-order valence-corrected chi connectivity index (χ1v) is 7.80. The lowest BCUT2D eigenvalue weighted by Crippen LogP contribution is -2.36. The van der Waals surface area contributed by atoms with Gasteiger partial charge in [0.25, 0.3) is 0 Å². The van der Waals surface area contributed by atoms with Gasteiger partial charge < -0.3 is 4.90 Å². The van der Waals surface area contributed by atoms with Crippen molar-refractivity contribution in [2.75, 3.05) is 18.0 Å². The summed E-state index contributed by atoms with van der Waals surface area (Å²) in [4.78, 5) is 7.52. The zero-order valence-electron chi connectivity index (χ0n) is 10.3. The van der Waals surface area contributed by atoms with Gasteiger partial charge in [-0.3, -0.25) is 0 Å². The molecule has 1 aliphatic rings. The summed E-state index contributed by atoms with van der Waals surface area (Å²) in [5.41, 5.74) is 1.26. The highest BCUT2D eigenvalue weighted by atomic mass is 79.9. The molecular weight excluding hydrogens is 344 g/mol. The van der Waals surface area contributed by atoms with Gasteiger partial charge in [0.05, 0.1) is 0 Å². The van der Waals surface area contributed by atoms with Crippen LogP contribution in [0.2, 0.25) is 0 Å². The molecule has 2 heterocycles. The zero-order chi connectivity index (χ0) is 12.4. The molecule has 1 fully saturated rings. The molecule has 0 aromatic carbocycles. The van der Waals surface area contributed by atoms with E-state index >= 15 is 0 Å². The van der Waals surface area contributed by atoms with Gasteiger partial charge in [-0.25, -0.2) is 4.98 Å². The van der Waals surface area contributed by atoms with Crippen LogP contribution in [0.15, 0.2) is 16.7 Å². The Kier molecular flexibility index (Phi) is 4.47. The summed E-state index contributed by atoms with van der Waals surface area (Å²) in [5.74, 6) is 1.93. The molecule has 2 rings (SSSR count). The molecule has 0 N–H and O–H groups in total. The SMILES string of the molecule is Cc1cc(N2CCC(C(C)Br)CC2)ncc1Br. The van der Waals surface area contributed by atoms with Gasteiger partial charge in [-0.1, -0.05) is 22.9 Å². The van der Waals surface area contributed by atoms with Gasteiger partial charge >= 0.3 is 0 Å². The molecule has 17 heavy (non-hydrogen) atoms. The minimum Gasteiger partial charge on any atom is -0.357 e. The predicted octanol–water partition coefficient (Wildman–Crippen LogP) is 4.15. The van der Waals surface area contributed by atoms with Crippen molar-refractivity contribution in [1.82, 2.24) is 4.98 Å². The minimum atomic E-state index is 0.629. The highest BCUT2D eigenvalue weighted by Crippen LogP contribution is 2.28. The average Bonchev–Trinajstić information content (AvgIpc) is 2.33. The highest BCUT2D eigenvalue weighted by Gasteiger charge is 2.23. The standard InChI is InChI=1S/C13H18Br2N2/c1-9-7-13(16-8-12(9)15)17-5-3-11(4-6-17)10(2)14/h7-8,10-11H,3-6H2,1-2H3. The first-order chi connectivity index (χ1) is 8.08. The number of hydrogen-bond donors (Lipinski definition) is 0. The topological polar surface area (TPSA) is 16.1 Å². The molecule has 0 amide bonds. The van der Waals surface area contributed by atoms with Crippen molar-refractivity contribution in [1.29, 1.82) is 0 Å². The van der Waals surface area contributed by atoms with E-state index in [0.717, 1.165) is 29.3 Å². The second-order valence-corrected chi connectivity index (χ2v) is 7.09. The molecule has 0 radical (unpaired) electrons. The molecule has 1 unspecified atom stereocenters. The van der Waals surface area contributed by atoms with Crippen LogP contribution in [-0.2, 0) is 0 Å². The Labute approximate surface area is 120 Å². The van der Waals surface area contributed by atoms with Crippen molar-refractivity contribution in [3.63, 3.8) is 0 Å². The molecule has 1 aliphatic heterocycles. The maximum absolute atomic E-state index is 4.50. The van der Waals surface area contributed by atoms with Gasteiger partial charge in [0.15, 0.2) is 0 Å². The third-order valence-corrected chi connectivity index (χ3v) is 5.12. The van der Waals surface area contributed by atoms with Crippen LogP contribution in [0, 0.1) is 12.8 Å². The minimum absolute atomic E-state index is 0.629. The summed E-state index contributed by atoms with van der Waals surface area (Å²) >= 11 is 7.19. The molecule has 0 bridgehead atoms. The highest BCUT2D eigenvalue weighted by molar-refractivity contribution is 9.10. The average molecular weight is 362 g/mol. The fourth-order valence-electron chi connectivity index (χ4n) is 2.29. The summed E-state index contributed by atoms with van der Waals surface area (Å²) < 4.78 is 1.09. The van der Waals surface area contributed by atoms with E-state index in [-0.39, 0.29) is 0 Å². The van der Waals surface area contributed by atoms with E-state index in [1.54, 1.807) is 0 Å². The lowest BCUT2D eigenvalue weighted by molar-refractivity contribution is 0.405. The van der Waals surface area contributed by atoms with Crippen molar-refractivity contribution < 1.29 is 0 Å². The van der Waals surface area contributed by atoms with Crippen LogP contribution in [-0.4, -0.2) is 22.9 Å². The van der Waals surface area contributed by atoms with Crippen molar-refractivity contribution in [2.24, 2.45) is 5.92 Å². The van der Waals surface area contributed by atoms with Crippen LogP contribution in [0.1, 0.15) is 25.3 Å². The number of rotatable bonds is 2. The number of nitrogens with zero attached hydrogens (tertiary/aromatic N) is 2. The Morgan fingerprint density at radius 1 is 1.41 bits per heavy atom. The Hall–Kier alpha value is -0.0900. The van der Waals surface area contributed by atoms with Gasteiger partial charge in [-0.05, 0) is 53.2 Å². The summed E-state index contributed by atoms with van der Waals surface area (Å²) in [6.07, 6.45) is 4.41. The van der Waals surface area contributed by atoms with Gasteiger partial charge in [0, 0.05) is 28.6 Å². The van der Waals surface area contributed by atoms with Gasteiger partial charge in [-0.2, -0.15) is 0 Å². The fraction of sp³-hybridized carbons (Fsp3) is 0.615. The normalized spacial score (nSPS) is 19.4. The van der Waals surface area contributed by atoms with Crippen LogP contribution in [0.5, 0.6) is 0 Å². The number of anilines is 1. The Morgan fingerprint density at radius 2 is 2.06 bits per heavy atom. The summed E-state index contributed by atoms with van der Waals surface area (Å²) in [6, 6.07) is 2.17. The third kappa shape index (κ3) is 3.22. The molecule has 0 spiro atoms. The lowest BCUT2D eigenvalue weighted by Gasteiger charge is -2.34. The van der Waals surface area contributed by atoms with Gasteiger partial charge in [-0.15, -0.1) is 0 Å². The molecule has 4 heteroatoms. The van der Waals surface area contributed by atoms with Crippen LogP contribution in [0.25, 0.3) is 0 Å². The van der Waals surface area contributed by atoms with Crippen LogP contribution in [0.3, 0.4) is 0 Å². The second-order valence-electron chi connectivity index (χ2n) is 4.79. The smallest absolute Gasteiger partial charge is 0.128 e. The monoisotopic (exact) mass is 360 g/mol. The quantitative estimate of drug-likeness (QED) is 0.735. The zero-order valence-corrected chi connectivity index (χ0v) is 13.5. The number of aryl methyl sites for hydroxylation is 1. The van der Waals surface area contributed by atoms with Crippen molar-refractivity contribution in [3.05, 3.63) is 22.3 Å². The van der Waals surface area contributed by atoms with Gasteiger partial charge in [0.1, 0.15) is 5.82 Å². The van der Waals surface area contributed by atoms with E-state index in [1.165, 1.54) is 18.4 Å². The molecular formula is C13H18Br2N2. The molecule has 1 atom stereocenters. The van der Waals surface area contributed by atoms with E-state index in [1.807, 2.05) is 6.20 Å². The number of aromatic nitrogens is 1. The molecule has 1 aromatic heterocycles. The number of alkyl halides is 1. The number of hydrogen-bond acceptors (Lipinski definition) is 2. The lowest BCUT2D eigenvalue weighted by atomic mass is 9.94. The Bertz CT molecular complexity index is 385. The van der Waals surface area contributed by atoms with Crippen molar-refractivity contribution >= 4 is 37.7 Å². The Morgan fingerprint density at radius 3 is 2.59 bits per heavy atom. The van der Waals surface area contributed by atoms with Gasteiger partial charge in [0.2, 0.25) is 0 Å². The third-order valence-electron chi connectivity index (χ3n) is 3.55. The molecule has 1 aromatic rings. The number of halogens is 2. The van der Waals surface area contributed by atoms with E-state index < -0.39 is 0 Å². The second kappa shape index (κ2) is 5.70. The largest absolute Gasteiger partial charge is 0.357 e. The molecule has 1 saturated heterocycles. The fourth-order valence-corrected chi connectivity index (χ4v) is 3.03. The number of pyridine rings is 1. The molecule has 94 valence electrons. The van der Waals surface area contributed by atoms with E-state index in [0.29, 0.717) is 4.83 Å². The summed E-state index contributed by atoms with van der Waals surface area (Å²) in [5, 5.41) is 0. The van der Waals surface area contributed by atoms with E-state index in [4.69, 9.17) is 0 Å². The predicted molar refractivity (Wildman–Crippen MR) is 80.0 cm³/mol. The summed E-state index contributed by atoms with van der Waals surface area (Å²) in [6.45, 7) is 6.61. The van der Waals surface area contributed by atoms with E-state index in [2.05, 4.69) is 61.7 Å². The summed E-state index contributed by atoms with van der Waals surface area (Å²) in [7, 11) is 0. The van der Waals surface area contributed by atoms with Crippen LogP contribution < -0.4 is 4.90 Å². The van der Waals surface area contributed by atoms with Crippen molar-refractivity contribution in [2.45, 2.75) is 31.5 Å². The maximum Gasteiger partial charge on any atom is 0.128 e. The molecule has 0 saturated carbocycles. The van der Waals surface area contributed by atoms with E-state index in [9.17, 15) is 0 Å². The first-order valence-electron chi connectivity index (χ1n) is 6.09. The van der Waals surface area contributed by atoms with Crippen molar-refractivity contribution in [3.8, 4) is 0 Å². The molecule has 2 nitrogen and oxygen atoms in total. The van der Waals surface area contributed by atoms with Crippen LogP contribution in [0.4, 0.5) is 5.82 Å². The maximum atomic E-state index is 4.50. The number of piperidine rings is 1. The van der Waals surface area contributed by atoms with Crippen LogP contribution >= 0.6 is 31.9 Å². The first kappa shape index (κ1) is 13.3. The molecule has 0 aliphatic carbocycles.